The average molecular weight is 279 g/mol. The Morgan fingerprint density at radius 3 is 2.70 bits per heavy atom. The maximum Gasteiger partial charge on any atom is 0.311 e. The summed E-state index contributed by atoms with van der Waals surface area (Å²) >= 11 is 0. The number of carbonyl (C=O) groups excluding carboxylic acids is 1. The topological polar surface area (TPSA) is 78.7 Å². The van der Waals surface area contributed by atoms with E-state index in [2.05, 4.69) is 0 Å². The molecule has 1 aromatic rings. The summed E-state index contributed by atoms with van der Waals surface area (Å²) in [4.78, 5) is 22.3. The van der Waals surface area contributed by atoms with Gasteiger partial charge in [-0.3, -0.25) is 14.9 Å². The van der Waals surface area contributed by atoms with Gasteiger partial charge in [0.1, 0.15) is 12.4 Å². The Morgan fingerprint density at radius 1 is 1.40 bits per heavy atom. The van der Waals surface area contributed by atoms with Crippen molar-refractivity contribution in [2.24, 2.45) is 5.92 Å². The summed E-state index contributed by atoms with van der Waals surface area (Å²) in [6.45, 7) is -0.126. The molecule has 20 heavy (non-hydrogen) atoms. The van der Waals surface area contributed by atoms with Crippen molar-refractivity contribution in [1.82, 2.24) is 0 Å². The molecule has 0 spiro atoms. The van der Waals surface area contributed by atoms with E-state index in [0.29, 0.717) is 5.75 Å². The molecule has 1 aliphatic rings. The normalized spacial score (nSPS) is 15.1. The highest BCUT2D eigenvalue weighted by Crippen LogP contribution is 2.32. The van der Waals surface area contributed by atoms with Gasteiger partial charge < -0.3 is 9.47 Å². The van der Waals surface area contributed by atoms with Crippen LogP contribution < -0.4 is 9.47 Å². The highest BCUT2D eigenvalue weighted by atomic mass is 16.6. The van der Waals surface area contributed by atoms with Crippen LogP contribution in [0.1, 0.15) is 25.7 Å². The summed E-state index contributed by atoms with van der Waals surface area (Å²) in [5.74, 6) is 0.582. The third-order valence-electron chi connectivity index (χ3n) is 3.54. The van der Waals surface area contributed by atoms with Crippen LogP contribution in [0.2, 0.25) is 0 Å². The molecule has 0 N–H and O–H groups in total. The van der Waals surface area contributed by atoms with Gasteiger partial charge in [0.2, 0.25) is 5.75 Å². The number of nitrogens with zero attached hydrogens (tertiary/aromatic N) is 1. The third-order valence-corrected chi connectivity index (χ3v) is 3.54. The molecule has 0 aliphatic heterocycles. The lowest BCUT2D eigenvalue weighted by molar-refractivity contribution is -0.385. The van der Waals surface area contributed by atoms with Crippen molar-refractivity contribution < 1.29 is 19.2 Å². The smallest absolute Gasteiger partial charge is 0.311 e. The number of ketones is 1. The van der Waals surface area contributed by atoms with Crippen LogP contribution >= 0.6 is 0 Å². The summed E-state index contributed by atoms with van der Waals surface area (Å²) in [7, 11) is 1.47. The van der Waals surface area contributed by atoms with E-state index in [0.717, 1.165) is 25.7 Å². The number of ether oxygens (including phenoxy) is 2. The fourth-order valence-electron chi connectivity index (χ4n) is 2.40. The molecule has 108 valence electrons. The van der Waals surface area contributed by atoms with E-state index in [1.54, 1.807) is 0 Å². The molecule has 0 aromatic heterocycles. The standard InChI is InChI=1S/C14H17NO5/c1-19-11-6-7-12(15(17)18)14(8-11)20-9-13(16)10-4-2-3-5-10/h6-8,10H,2-5,9H2,1H3. The van der Waals surface area contributed by atoms with Crippen molar-refractivity contribution in [3.05, 3.63) is 28.3 Å². The van der Waals surface area contributed by atoms with Gasteiger partial charge in [0.25, 0.3) is 0 Å². The highest BCUT2D eigenvalue weighted by molar-refractivity contribution is 5.82. The van der Waals surface area contributed by atoms with E-state index < -0.39 is 4.92 Å². The molecular weight excluding hydrogens is 262 g/mol. The number of nitro benzene ring substituents is 1. The molecule has 2 rings (SSSR count). The first-order chi connectivity index (χ1) is 9.61. The van der Waals surface area contributed by atoms with Crippen LogP contribution in [0.4, 0.5) is 5.69 Å². The SMILES string of the molecule is COc1ccc([N+](=O)[O-])c(OCC(=O)C2CCCC2)c1. The number of rotatable bonds is 6. The highest BCUT2D eigenvalue weighted by Gasteiger charge is 2.24. The fraction of sp³-hybridized carbons (Fsp3) is 0.500. The molecule has 1 saturated carbocycles. The van der Waals surface area contributed by atoms with Crippen molar-refractivity contribution in [2.45, 2.75) is 25.7 Å². The van der Waals surface area contributed by atoms with Crippen LogP contribution in [0.15, 0.2) is 18.2 Å². The summed E-state index contributed by atoms with van der Waals surface area (Å²) < 4.78 is 10.4. The van der Waals surface area contributed by atoms with Crippen LogP contribution in [-0.2, 0) is 4.79 Å². The van der Waals surface area contributed by atoms with Gasteiger partial charge in [-0.2, -0.15) is 0 Å². The van der Waals surface area contributed by atoms with Crippen molar-refractivity contribution in [1.29, 1.82) is 0 Å². The molecular formula is C14H17NO5. The Kier molecular flexibility index (Phi) is 4.55. The molecule has 0 heterocycles. The molecule has 1 aliphatic carbocycles. The van der Waals surface area contributed by atoms with Crippen molar-refractivity contribution >= 4 is 11.5 Å². The van der Waals surface area contributed by atoms with Gasteiger partial charge in [0.15, 0.2) is 5.78 Å². The molecule has 1 aromatic carbocycles. The van der Waals surface area contributed by atoms with Gasteiger partial charge >= 0.3 is 5.69 Å². The van der Waals surface area contributed by atoms with Gasteiger partial charge in [-0.15, -0.1) is 0 Å². The lowest BCUT2D eigenvalue weighted by Crippen LogP contribution is -2.19. The minimum atomic E-state index is -0.533. The van der Waals surface area contributed by atoms with Crippen LogP contribution in [0.3, 0.4) is 0 Å². The zero-order valence-corrected chi connectivity index (χ0v) is 11.3. The van der Waals surface area contributed by atoms with E-state index >= 15 is 0 Å². The molecule has 0 radical (unpaired) electrons. The van der Waals surface area contributed by atoms with E-state index in [-0.39, 0.29) is 29.7 Å². The Hall–Kier alpha value is -2.11. The zero-order valence-electron chi connectivity index (χ0n) is 11.3. The molecule has 0 amide bonds. The lowest BCUT2D eigenvalue weighted by atomic mass is 10.0. The number of benzene rings is 1. The van der Waals surface area contributed by atoms with Gasteiger partial charge in [-0.05, 0) is 18.9 Å². The van der Waals surface area contributed by atoms with Gasteiger partial charge in [-0.1, -0.05) is 12.8 Å². The Labute approximate surface area is 116 Å². The number of Topliss-reactive ketones (excluding diaryl/α,β-unsaturated/α-hetero) is 1. The van der Waals surface area contributed by atoms with Crippen molar-refractivity contribution in [2.75, 3.05) is 13.7 Å². The second-order valence-corrected chi connectivity index (χ2v) is 4.83. The largest absolute Gasteiger partial charge is 0.497 e. The van der Waals surface area contributed by atoms with Gasteiger partial charge in [0.05, 0.1) is 12.0 Å². The minimum Gasteiger partial charge on any atom is -0.497 e. The second-order valence-electron chi connectivity index (χ2n) is 4.83. The minimum absolute atomic E-state index is 0.0135. The summed E-state index contributed by atoms with van der Waals surface area (Å²) in [5.41, 5.74) is -0.162. The summed E-state index contributed by atoms with van der Waals surface area (Å²) in [5, 5.41) is 10.9. The molecule has 6 heteroatoms. The first-order valence-electron chi connectivity index (χ1n) is 6.59. The zero-order chi connectivity index (χ0) is 14.5. The fourth-order valence-corrected chi connectivity index (χ4v) is 2.40. The third kappa shape index (κ3) is 3.26. The Morgan fingerprint density at radius 2 is 2.10 bits per heavy atom. The second kappa shape index (κ2) is 6.36. The van der Waals surface area contributed by atoms with Crippen LogP contribution in [0, 0.1) is 16.0 Å². The van der Waals surface area contributed by atoms with Crippen LogP contribution in [0.25, 0.3) is 0 Å². The Bertz CT molecular complexity index is 508. The van der Waals surface area contributed by atoms with E-state index in [9.17, 15) is 14.9 Å². The molecule has 0 bridgehead atoms. The average Bonchev–Trinajstić information content (AvgIpc) is 2.98. The summed E-state index contributed by atoms with van der Waals surface area (Å²) in [6.07, 6.45) is 3.91. The number of hydrogen-bond acceptors (Lipinski definition) is 5. The quantitative estimate of drug-likeness (QED) is 0.591. The molecule has 1 fully saturated rings. The molecule has 0 saturated heterocycles. The van der Waals surface area contributed by atoms with E-state index in [4.69, 9.17) is 9.47 Å². The maximum atomic E-state index is 11.9. The lowest BCUT2D eigenvalue weighted by Gasteiger charge is -2.10. The first-order valence-corrected chi connectivity index (χ1v) is 6.59. The monoisotopic (exact) mass is 279 g/mol. The number of nitro groups is 1. The van der Waals surface area contributed by atoms with Crippen molar-refractivity contribution in [3.8, 4) is 11.5 Å². The van der Waals surface area contributed by atoms with Gasteiger partial charge in [0, 0.05) is 18.1 Å². The molecule has 6 nitrogen and oxygen atoms in total. The Balaban J connectivity index is 2.06. The number of methoxy groups -OCH3 is 1. The predicted octanol–water partition coefficient (Wildman–Crippen LogP) is 2.74. The van der Waals surface area contributed by atoms with Gasteiger partial charge in [-0.25, -0.2) is 0 Å². The van der Waals surface area contributed by atoms with Crippen LogP contribution in [0.5, 0.6) is 11.5 Å². The van der Waals surface area contributed by atoms with E-state index in [1.807, 2.05) is 0 Å². The van der Waals surface area contributed by atoms with E-state index in [1.165, 1.54) is 25.3 Å². The first kappa shape index (κ1) is 14.3. The van der Waals surface area contributed by atoms with Crippen LogP contribution in [-0.4, -0.2) is 24.4 Å². The number of hydrogen-bond donors (Lipinski definition) is 0. The number of carbonyl (C=O) groups is 1. The summed E-state index contributed by atoms with van der Waals surface area (Å²) in [6, 6.07) is 4.23. The molecule has 0 atom stereocenters. The van der Waals surface area contributed by atoms with Crippen molar-refractivity contribution in [3.63, 3.8) is 0 Å². The predicted molar refractivity (Wildman–Crippen MR) is 72.1 cm³/mol. The molecule has 0 unspecified atom stereocenters. The maximum absolute atomic E-state index is 11.9.